The van der Waals surface area contributed by atoms with Crippen molar-refractivity contribution in [2.45, 2.75) is 33.0 Å². The summed E-state index contributed by atoms with van der Waals surface area (Å²) < 4.78 is 13.3. The Kier molecular flexibility index (Phi) is 5.34. The van der Waals surface area contributed by atoms with E-state index in [0.29, 0.717) is 6.04 Å². The third-order valence-corrected chi connectivity index (χ3v) is 3.37. The fourth-order valence-electron chi connectivity index (χ4n) is 2.24. The molecule has 0 amide bonds. The molecule has 0 unspecified atom stereocenters. The lowest BCUT2D eigenvalue weighted by Gasteiger charge is -2.20. The average Bonchev–Trinajstić information content (AvgIpc) is 2.45. The van der Waals surface area contributed by atoms with E-state index in [1.54, 1.807) is 12.1 Å². The summed E-state index contributed by atoms with van der Waals surface area (Å²) in [4.78, 5) is 2.05. The molecule has 2 aromatic carbocycles. The van der Waals surface area contributed by atoms with Crippen molar-refractivity contribution in [3.05, 3.63) is 65.5 Å². The van der Waals surface area contributed by atoms with Gasteiger partial charge in [0.1, 0.15) is 5.82 Å². The van der Waals surface area contributed by atoms with Crippen LogP contribution in [0.15, 0.2) is 48.5 Å². The van der Waals surface area contributed by atoms with E-state index < -0.39 is 0 Å². The first-order valence-corrected chi connectivity index (χ1v) is 7.32. The third-order valence-electron chi connectivity index (χ3n) is 3.37. The maximum absolute atomic E-state index is 13.3. The molecule has 0 bridgehead atoms. The summed E-state index contributed by atoms with van der Waals surface area (Å²) in [7, 11) is 1.98. The Hall–Kier alpha value is -1.87. The van der Waals surface area contributed by atoms with E-state index in [2.05, 4.69) is 48.3 Å². The van der Waals surface area contributed by atoms with Crippen molar-refractivity contribution in [2.24, 2.45) is 0 Å². The molecule has 21 heavy (non-hydrogen) atoms. The minimum Gasteiger partial charge on any atom is -0.370 e. The molecule has 2 rings (SSSR count). The quantitative estimate of drug-likeness (QED) is 0.864. The standard InChI is InChI=1S/C18H23FN2/c1-14(2)20-12-15-6-4-7-16(10-15)13-21(3)18-9-5-8-17(19)11-18/h4-11,14,20H,12-13H2,1-3H3. The summed E-state index contributed by atoms with van der Waals surface area (Å²) in [6.07, 6.45) is 0. The normalized spacial score (nSPS) is 10.9. The molecule has 0 fully saturated rings. The van der Waals surface area contributed by atoms with Crippen LogP contribution in [0.25, 0.3) is 0 Å². The predicted octanol–water partition coefficient (Wildman–Crippen LogP) is 3.96. The van der Waals surface area contributed by atoms with Crippen LogP contribution in [0.2, 0.25) is 0 Å². The van der Waals surface area contributed by atoms with Crippen LogP contribution in [0.5, 0.6) is 0 Å². The highest BCUT2D eigenvalue weighted by Gasteiger charge is 2.04. The molecule has 2 nitrogen and oxygen atoms in total. The third kappa shape index (κ3) is 4.87. The van der Waals surface area contributed by atoms with Crippen LogP contribution in [-0.4, -0.2) is 13.1 Å². The van der Waals surface area contributed by atoms with Crippen molar-refractivity contribution in [3.63, 3.8) is 0 Å². The minimum absolute atomic E-state index is 0.200. The molecule has 0 aliphatic heterocycles. The molecule has 2 aromatic rings. The van der Waals surface area contributed by atoms with Crippen LogP contribution in [0.1, 0.15) is 25.0 Å². The van der Waals surface area contributed by atoms with Crippen molar-refractivity contribution in [2.75, 3.05) is 11.9 Å². The van der Waals surface area contributed by atoms with Gasteiger partial charge in [-0.2, -0.15) is 0 Å². The van der Waals surface area contributed by atoms with E-state index >= 15 is 0 Å². The van der Waals surface area contributed by atoms with Gasteiger partial charge in [-0.05, 0) is 29.3 Å². The molecule has 0 aliphatic rings. The molecule has 0 atom stereocenters. The Morgan fingerprint density at radius 2 is 1.76 bits per heavy atom. The van der Waals surface area contributed by atoms with Crippen LogP contribution in [0.4, 0.5) is 10.1 Å². The van der Waals surface area contributed by atoms with E-state index in [9.17, 15) is 4.39 Å². The van der Waals surface area contributed by atoms with Crippen molar-refractivity contribution >= 4 is 5.69 Å². The molecule has 3 heteroatoms. The van der Waals surface area contributed by atoms with Crippen LogP contribution in [0.3, 0.4) is 0 Å². The van der Waals surface area contributed by atoms with E-state index in [-0.39, 0.29) is 5.82 Å². The van der Waals surface area contributed by atoms with Gasteiger partial charge in [-0.3, -0.25) is 0 Å². The van der Waals surface area contributed by atoms with Crippen molar-refractivity contribution in [1.82, 2.24) is 5.32 Å². The van der Waals surface area contributed by atoms with Gasteiger partial charge in [-0.1, -0.05) is 44.2 Å². The Bertz CT molecular complexity index is 581. The monoisotopic (exact) mass is 286 g/mol. The van der Waals surface area contributed by atoms with E-state index in [1.807, 2.05) is 13.1 Å². The van der Waals surface area contributed by atoms with Crippen LogP contribution in [0, 0.1) is 5.82 Å². The van der Waals surface area contributed by atoms with Crippen LogP contribution < -0.4 is 10.2 Å². The number of rotatable bonds is 6. The summed E-state index contributed by atoms with van der Waals surface area (Å²) in [6.45, 7) is 5.91. The molecule has 0 aliphatic carbocycles. The predicted molar refractivity (Wildman–Crippen MR) is 86.9 cm³/mol. The van der Waals surface area contributed by atoms with Gasteiger partial charge in [-0.15, -0.1) is 0 Å². The summed E-state index contributed by atoms with van der Waals surface area (Å²) in [5.41, 5.74) is 3.39. The zero-order chi connectivity index (χ0) is 15.2. The average molecular weight is 286 g/mol. The Balaban J connectivity index is 2.03. The lowest BCUT2D eigenvalue weighted by atomic mass is 10.1. The molecular weight excluding hydrogens is 263 g/mol. The van der Waals surface area contributed by atoms with Gasteiger partial charge >= 0.3 is 0 Å². The fourth-order valence-corrected chi connectivity index (χ4v) is 2.24. The van der Waals surface area contributed by atoms with Crippen LogP contribution >= 0.6 is 0 Å². The smallest absolute Gasteiger partial charge is 0.125 e. The number of hydrogen-bond donors (Lipinski definition) is 1. The second-order valence-electron chi connectivity index (χ2n) is 5.69. The van der Waals surface area contributed by atoms with Crippen molar-refractivity contribution in [3.8, 4) is 0 Å². The van der Waals surface area contributed by atoms with Gasteiger partial charge in [0.05, 0.1) is 0 Å². The highest BCUT2D eigenvalue weighted by molar-refractivity contribution is 5.46. The lowest BCUT2D eigenvalue weighted by Crippen LogP contribution is -2.22. The number of halogens is 1. The SMILES string of the molecule is CC(C)NCc1cccc(CN(C)c2cccc(F)c2)c1. The van der Waals surface area contributed by atoms with Gasteiger partial charge in [-0.25, -0.2) is 4.39 Å². The lowest BCUT2D eigenvalue weighted by molar-refractivity contribution is 0.588. The molecule has 1 N–H and O–H groups in total. The zero-order valence-corrected chi connectivity index (χ0v) is 12.9. The highest BCUT2D eigenvalue weighted by Crippen LogP contribution is 2.17. The molecule has 0 saturated carbocycles. The maximum Gasteiger partial charge on any atom is 0.125 e. The summed E-state index contributed by atoms with van der Waals surface area (Å²) in [5, 5.41) is 3.42. The molecule has 112 valence electrons. The van der Waals surface area contributed by atoms with Gasteiger partial charge in [0, 0.05) is 31.9 Å². The van der Waals surface area contributed by atoms with Gasteiger partial charge in [0.2, 0.25) is 0 Å². The topological polar surface area (TPSA) is 15.3 Å². The molecule has 0 spiro atoms. The second-order valence-corrected chi connectivity index (χ2v) is 5.69. The summed E-state index contributed by atoms with van der Waals surface area (Å²) >= 11 is 0. The molecular formula is C18H23FN2. The molecule has 0 heterocycles. The Labute approximate surface area is 126 Å². The summed E-state index contributed by atoms with van der Waals surface area (Å²) in [6, 6.07) is 15.7. The first-order valence-electron chi connectivity index (χ1n) is 7.32. The molecule has 0 saturated heterocycles. The Morgan fingerprint density at radius 1 is 1.05 bits per heavy atom. The first kappa shape index (κ1) is 15.5. The van der Waals surface area contributed by atoms with Crippen LogP contribution in [-0.2, 0) is 13.1 Å². The number of anilines is 1. The second kappa shape index (κ2) is 7.23. The van der Waals surface area contributed by atoms with Gasteiger partial charge in [0.25, 0.3) is 0 Å². The van der Waals surface area contributed by atoms with E-state index in [1.165, 1.54) is 17.2 Å². The van der Waals surface area contributed by atoms with Crippen molar-refractivity contribution in [1.29, 1.82) is 0 Å². The maximum atomic E-state index is 13.3. The summed E-state index contributed by atoms with van der Waals surface area (Å²) in [5.74, 6) is -0.200. The number of nitrogens with zero attached hydrogens (tertiary/aromatic N) is 1. The van der Waals surface area contributed by atoms with Crippen molar-refractivity contribution < 1.29 is 4.39 Å². The van der Waals surface area contributed by atoms with E-state index in [0.717, 1.165) is 18.8 Å². The molecule has 0 aromatic heterocycles. The highest BCUT2D eigenvalue weighted by atomic mass is 19.1. The zero-order valence-electron chi connectivity index (χ0n) is 12.9. The van der Waals surface area contributed by atoms with E-state index in [4.69, 9.17) is 0 Å². The Morgan fingerprint density at radius 3 is 2.48 bits per heavy atom. The number of nitrogens with one attached hydrogen (secondary N) is 1. The fraction of sp³-hybridized carbons (Fsp3) is 0.333. The minimum atomic E-state index is -0.200. The molecule has 0 radical (unpaired) electrons. The first-order chi connectivity index (χ1) is 10.0. The van der Waals surface area contributed by atoms with Gasteiger partial charge < -0.3 is 10.2 Å². The number of hydrogen-bond acceptors (Lipinski definition) is 2. The largest absolute Gasteiger partial charge is 0.370 e. The number of benzene rings is 2. The van der Waals surface area contributed by atoms with Gasteiger partial charge in [0.15, 0.2) is 0 Å².